The number of thiophene rings is 1. The summed E-state index contributed by atoms with van der Waals surface area (Å²) < 4.78 is 5.07. The Morgan fingerprint density at radius 2 is 2.00 bits per heavy atom. The summed E-state index contributed by atoms with van der Waals surface area (Å²) in [5.74, 6) is -0.347. The number of nitro groups is 1. The molecule has 2 rings (SSSR count). The van der Waals surface area contributed by atoms with Crippen LogP contribution >= 0.6 is 11.3 Å². The van der Waals surface area contributed by atoms with Crippen molar-refractivity contribution in [2.24, 2.45) is 0 Å². The quantitative estimate of drug-likeness (QED) is 0.478. The number of nitrogens with zero attached hydrogens (tertiary/aromatic N) is 1. The monoisotopic (exact) mass is 277 g/mol. The SMILES string of the molecule is O=C(Cc1ccccc1)OCc1csc([N+](=O)[O-])c1. The molecule has 0 fully saturated rings. The summed E-state index contributed by atoms with van der Waals surface area (Å²) in [5, 5.41) is 12.2. The Morgan fingerprint density at radius 3 is 2.63 bits per heavy atom. The van der Waals surface area contributed by atoms with Crippen molar-refractivity contribution < 1.29 is 14.5 Å². The Hall–Kier alpha value is -2.21. The van der Waals surface area contributed by atoms with Crippen LogP contribution in [0.15, 0.2) is 41.8 Å². The van der Waals surface area contributed by atoms with E-state index in [1.165, 1.54) is 6.07 Å². The Labute approximate surface area is 113 Å². The van der Waals surface area contributed by atoms with Crippen molar-refractivity contribution in [3.63, 3.8) is 0 Å². The number of esters is 1. The highest BCUT2D eigenvalue weighted by Crippen LogP contribution is 2.23. The summed E-state index contributed by atoms with van der Waals surface area (Å²) in [6.45, 7) is 0.0655. The molecule has 98 valence electrons. The lowest BCUT2D eigenvalue weighted by Crippen LogP contribution is -2.07. The Kier molecular flexibility index (Phi) is 4.25. The molecule has 6 heteroatoms. The molecule has 0 saturated carbocycles. The third kappa shape index (κ3) is 3.89. The van der Waals surface area contributed by atoms with Crippen LogP contribution in [0.5, 0.6) is 0 Å². The predicted octanol–water partition coefficient (Wildman–Crippen LogP) is 2.94. The summed E-state index contributed by atoms with van der Waals surface area (Å²) >= 11 is 1.02. The van der Waals surface area contributed by atoms with Crippen molar-refractivity contribution in [3.05, 3.63) is 63.0 Å². The molecular weight excluding hydrogens is 266 g/mol. The highest BCUT2D eigenvalue weighted by atomic mass is 32.1. The van der Waals surface area contributed by atoms with E-state index in [9.17, 15) is 14.9 Å². The normalized spacial score (nSPS) is 10.1. The molecule has 0 N–H and O–H groups in total. The third-order valence-electron chi connectivity index (χ3n) is 2.41. The Bertz CT molecular complexity index is 579. The summed E-state index contributed by atoms with van der Waals surface area (Å²) in [7, 11) is 0. The van der Waals surface area contributed by atoms with Crippen molar-refractivity contribution in [2.45, 2.75) is 13.0 Å². The van der Waals surface area contributed by atoms with Gasteiger partial charge in [-0.2, -0.15) is 0 Å². The van der Waals surface area contributed by atoms with Crippen molar-refractivity contribution in [1.82, 2.24) is 0 Å². The minimum absolute atomic E-state index is 0.0501. The maximum absolute atomic E-state index is 11.6. The molecule has 0 unspecified atom stereocenters. The van der Waals surface area contributed by atoms with Crippen LogP contribution in [0.3, 0.4) is 0 Å². The van der Waals surface area contributed by atoms with E-state index in [0.29, 0.717) is 5.56 Å². The van der Waals surface area contributed by atoms with Gasteiger partial charge in [-0.3, -0.25) is 14.9 Å². The zero-order valence-electron chi connectivity index (χ0n) is 9.94. The molecule has 1 aromatic heterocycles. The number of hydrogen-bond acceptors (Lipinski definition) is 5. The Morgan fingerprint density at radius 1 is 1.26 bits per heavy atom. The topological polar surface area (TPSA) is 69.4 Å². The van der Waals surface area contributed by atoms with Gasteiger partial charge in [0.15, 0.2) is 0 Å². The first kappa shape index (κ1) is 13.2. The first-order chi connectivity index (χ1) is 9.15. The minimum atomic E-state index is -0.458. The fraction of sp³-hybridized carbons (Fsp3) is 0.154. The van der Waals surface area contributed by atoms with E-state index in [0.717, 1.165) is 16.9 Å². The minimum Gasteiger partial charge on any atom is -0.461 e. The highest BCUT2D eigenvalue weighted by Gasteiger charge is 2.11. The number of carbonyl (C=O) groups is 1. The fourth-order valence-corrected chi connectivity index (χ4v) is 2.23. The van der Waals surface area contributed by atoms with Crippen LogP contribution in [0.4, 0.5) is 5.00 Å². The number of rotatable bonds is 5. The smallest absolute Gasteiger partial charge is 0.324 e. The van der Waals surface area contributed by atoms with Crippen LogP contribution in [0.1, 0.15) is 11.1 Å². The van der Waals surface area contributed by atoms with Gasteiger partial charge in [0, 0.05) is 17.0 Å². The van der Waals surface area contributed by atoms with E-state index in [2.05, 4.69) is 0 Å². The molecule has 0 saturated heterocycles. The van der Waals surface area contributed by atoms with E-state index in [1.54, 1.807) is 5.38 Å². The molecule has 2 aromatic rings. The van der Waals surface area contributed by atoms with Crippen molar-refractivity contribution in [2.75, 3.05) is 0 Å². The average Bonchev–Trinajstić information content (AvgIpc) is 2.86. The maximum atomic E-state index is 11.6. The van der Waals surface area contributed by atoms with Crippen LogP contribution in [0.2, 0.25) is 0 Å². The van der Waals surface area contributed by atoms with E-state index in [-0.39, 0.29) is 24.0 Å². The molecule has 1 heterocycles. The second-order valence-corrected chi connectivity index (χ2v) is 4.76. The van der Waals surface area contributed by atoms with Crippen LogP contribution in [0, 0.1) is 10.1 Å². The molecule has 1 aromatic carbocycles. The largest absolute Gasteiger partial charge is 0.461 e. The Balaban J connectivity index is 1.84. The fourth-order valence-electron chi connectivity index (χ4n) is 1.51. The predicted molar refractivity (Wildman–Crippen MR) is 70.9 cm³/mol. The summed E-state index contributed by atoms with van der Waals surface area (Å²) in [6.07, 6.45) is 0.201. The molecule has 0 atom stereocenters. The van der Waals surface area contributed by atoms with Gasteiger partial charge in [0.2, 0.25) is 0 Å². The molecule has 0 aliphatic rings. The number of benzene rings is 1. The lowest BCUT2D eigenvalue weighted by Gasteiger charge is -2.03. The molecule has 19 heavy (non-hydrogen) atoms. The zero-order valence-corrected chi connectivity index (χ0v) is 10.8. The molecule has 0 aliphatic heterocycles. The highest BCUT2D eigenvalue weighted by molar-refractivity contribution is 7.13. The van der Waals surface area contributed by atoms with Gasteiger partial charge in [0.25, 0.3) is 0 Å². The van der Waals surface area contributed by atoms with Crippen molar-refractivity contribution in [1.29, 1.82) is 0 Å². The molecule has 0 aliphatic carbocycles. The lowest BCUT2D eigenvalue weighted by atomic mass is 10.2. The van der Waals surface area contributed by atoms with Crippen LogP contribution < -0.4 is 0 Å². The average molecular weight is 277 g/mol. The molecule has 0 radical (unpaired) electrons. The summed E-state index contributed by atoms with van der Waals surface area (Å²) in [6, 6.07) is 10.7. The third-order valence-corrected chi connectivity index (χ3v) is 3.34. The van der Waals surface area contributed by atoms with Crippen molar-refractivity contribution in [3.8, 4) is 0 Å². The molecule has 0 bridgehead atoms. The zero-order chi connectivity index (χ0) is 13.7. The molecular formula is C13H11NO4S. The summed E-state index contributed by atoms with van der Waals surface area (Å²) in [5.41, 5.74) is 1.52. The van der Waals surface area contributed by atoms with Gasteiger partial charge < -0.3 is 4.74 Å². The van der Waals surface area contributed by atoms with E-state index in [4.69, 9.17) is 4.74 Å². The number of carbonyl (C=O) groups excluding carboxylic acids is 1. The number of ether oxygens (including phenoxy) is 1. The van der Waals surface area contributed by atoms with Gasteiger partial charge in [0.1, 0.15) is 6.61 Å². The molecule has 0 spiro atoms. The second kappa shape index (κ2) is 6.10. The first-order valence-electron chi connectivity index (χ1n) is 5.56. The van der Waals surface area contributed by atoms with E-state index in [1.807, 2.05) is 30.3 Å². The van der Waals surface area contributed by atoms with E-state index < -0.39 is 4.92 Å². The van der Waals surface area contributed by atoms with Gasteiger partial charge in [-0.05, 0) is 5.56 Å². The van der Waals surface area contributed by atoms with Crippen LogP contribution in [0.25, 0.3) is 0 Å². The second-order valence-electron chi connectivity index (χ2n) is 3.87. The number of hydrogen-bond donors (Lipinski definition) is 0. The molecule has 5 nitrogen and oxygen atoms in total. The van der Waals surface area contributed by atoms with Gasteiger partial charge in [-0.1, -0.05) is 41.7 Å². The maximum Gasteiger partial charge on any atom is 0.324 e. The van der Waals surface area contributed by atoms with Gasteiger partial charge in [-0.25, -0.2) is 0 Å². The van der Waals surface area contributed by atoms with Gasteiger partial charge >= 0.3 is 11.0 Å². The van der Waals surface area contributed by atoms with Gasteiger partial charge in [0.05, 0.1) is 11.3 Å². The summed E-state index contributed by atoms with van der Waals surface area (Å²) in [4.78, 5) is 21.6. The first-order valence-corrected chi connectivity index (χ1v) is 6.44. The van der Waals surface area contributed by atoms with E-state index >= 15 is 0 Å². The van der Waals surface area contributed by atoms with Crippen LogP contribution in [-0.2, 0) is 22.6 Å². The van der Waals surface area contributed by atoms with Gasteiger partial charge in [-0.15, -0.1) is 0 Å². The molecule has 0 amide bonds. The van der Waals surface area contributed by atoms with Crippen molar-refractivity contribution >= 4 is 22.3 Å². The van der Waals surface area contributed by atoms with Crippen LogP contribution in [-0.4, -0.2) is 10.9 Å². The lowest BCUT2D eigenvalue weighted by molar-refractivity contribution is -0.380. The standard InChI is InChI=1S/C13H11NO4S/c15-13(7-10-4-2-1-3-5-10)18-8-11-6-12(14(16)17)19-9-11/h1-6,9H,7-8H2.